The highest BCUT2D eigenvalue weighted by atomic mass is 28.2. The third-order valence-corrected chi connectivity index (χ3v) is 5.16. The molecule has 0 aliphatic rings. The molecule has 0 aromatic heterocycles. The van der Waals surface area contributed by atoms with Crippen LogP contribution in [0, 0.1) is 0 Å². The van der Waals surface area contributed by atoms with Crippen LogP contribution in [0.4, 0.5) is 4.79 Å². The van der Waals surface area contributed by atoms with Crippen molar-refractivity contribution in [3.8, 4) is 0 Å². The summed E-state index contributed by atoms with van der Waals surface area (Å²) in [7, 11) is -0.493. The van der Waals surface area contributed by atoms with Crippen molar-refractivity contribution in [3.63, 3.8) is 0 Å². The maximum Gasteiger partial charge on any atom is 0.505 e. The molecule has 0 radical (unpaired) electrons. The Labute approximate surface area is 82.3 Å². The number of hydrogen-bond donors (Lipinski definition) is 1. The standard InChI is InChI=1S/C9H20O3Si/c1-5-7(6-2)13-9(3,4)12-8(10)11/h7H,5-6,13H2,1-4H3,(H,10,11). The van der Waals surface area contributed by atoms with E-state index < -0.39 is 20.9 Å². The number of hydrogen-bond acceptors (Lipinski definition) is 2. The van der Waals surface area contributed by atoms with Gasteiger partial charge in [0.15, 0.2) is 0 Å². The second-order valence-corrected chi connectivity index (χ2v) is 7.28. The van der Waals surface area contributed by atoms with Gasteiger partial charge in [0.2, 0.25) is 0 Å². The van der Waals surface area contributed by atoms with Gasteiger partial charge in [0.25, 0.3) is 0 Å². The van der Waals surface area contributed by atoms with E-state index in [9.17, 15) is 4.79 Å². The molecule has 0 bridgehead atoms. The average Bonchev–Trinajstić information content (AvgIpc) is 1.97. The maximum absolute atomic E-state index is 10.4. The number of rotatable bonds is 5. The Morgan fingerprint density at radius 1 is 1.46 bits per heavy atom. The van der Waals surface area contributed by atoms with Crippen LogP contribution in [0.2, 0.25) is 5.54 Å². The van der Waals surface area contributed by atoms with Crippen molar-refractivity contribution in [3.05, 3.63) is 0 Å². The van der Waals surface area contributed by atoms with Crippen LogP contribution in [0.1, 0.15) is 40.5 Å². The minimum Gasteiger partial charge on any atom is -0.450 e. The molecule has 0 unspecified atom stereocenters. The fourth-order valence-corrected chi connectivity index (χ4v) is 3.73. The van der Waals surface area contributed by atoms with Crippen LogP contribution in [0.15, 0.2) is 0 Å². The summed E-state index contributed by atoms with van der Waals surface area (Å²) < 4.78 is 4.85. The molecule has 0 heterocycles. The predicted molar refractivity (Wildman–Crippen MR) is 56.1 cm³/mol. The zero-order valence-corrected chi connectivity index (χ0v) is 10.4. The summed E-state index contributed by atoms with van der Waals surface area (Å²) in [5.74, 6) is 0. The van der Waals surface area contributed by atoms with Gasteiger partial charge in [0.05, 0.1) is 14.7 Å². The van der Waals surface area contributed by atoms with Gasteiger partial charge in [-0.05, 0) is 19.4 Å². The maximum atomic E-state index is 10.4. The van der Waals surface area contributed by atoms with Crippen molar-refractivity contribution < 1.29 is 14.6 Å². The van der Waals surface area contributed by atoms with Gasteiger partial charge in [0.1, 0.15) is 0 Å². The van der Waals surface area contributed by atoms with Crippen molar-refractivity contribution in [1.82, 2.24) is 0 Å². The van der Waals surface area contributed by atoms with E-state index in [2.05, 4.69) is 13.8 Å². The highest BCUT2D eigenvalue weighted by molar-refractivity contribution is 6.41. The van der Waals surface area contributed by atoms with Crippen molar-refractivity contribution >= 4 is 15.7 Å². The first-order valence-corrected chi connectivity index (χ1v) is 6.35. The van der Waals surface area contributed by atoms with E-state index in [4.69, 9.17) is 9.84 Å². The first-order valence-electron chi connectivity index (χ1n) is 4.83. The van der Waals surface area contributed by atoms with Crippen LogP contribution in [0.5, 0.6) is 0 Å². The average molecular weight is 204 g/mol. The largest absolute Gasteiger partial charge is 0.505 e. The monoisotopic (exact) mass is 204 g/mol. The van der Waals surface area contributed by atoms with Gasteiger partial charge in [-0.3, -0.25) is 0 Å². The normalized spacial score (nSPS) is 12.7. The molecule has 0 saturated heterocycles. The van der Waals surface area contributed by atoms with Crippen LogP contribution >= 0.6 is 0 Å². The zero-order chi connectivity index (χ0) is 10.5. The van der Waals surface area contributed by atoms with E-state index in [1.807, 2.05) is 13.8 Å². The van der Waals surface area contributed by atoms with Crippen LogP contribution in [0.3, 0.4) is 0 Å². The topological polar surface area (TPSA) is 46.5 Å². The van der Waals surface area contributed by atoms with Crippen LogP contribution in [-0.2, 0) is 4.74 Å². The van der Waals surface area contributed by atoms with Gasteiger partial charge in [-0.25, -0.2) is 4.79 Å². The molecule has 13 heavy (non-hydrogen) atoms. The van der Waals surface area contributed by atoms with Crippen molar-refractivity contribution in [2.75, 3.05) is 0 Å². The van der Waals surface area contributed by atoms with E-state index in [1.54, 1.807) is 0 Å². The Morgan fingerprint density at radius 2 is 1.92 bits per heavy atom. The number of carboxylic acid groups (broad SMARTS) is 1. The van der Waals surface area contributed by atoms with Gasteiger partial charge in [-0.2, -0.15) is 0 Å². The summed E-state index contributed by atoms with van der Waals surface area (Å²) in [5.41, 5.74) is 0.689. The number of ether oxygens (including phenoxy) is 1. The lowest BCUT2D eigenvalue weighted by atomic mass is 10.3. The Hall–Kier alpha value is -0.513. The fraction of sp³-hybridized carbons (Fsp3) is 0.889. The van der Waals surface area contributed by atoms with Crippen molar-refractivity contribution in [2.24, 2.45) is 0 Å². The predicted octanol–water partition coefficient (Wildman–Crippen LogP) is 2.19. The van der Waals surface area contributed by atoms with Gasteiger partial charge in [-0.1, -0.05) is 26.7 Å². The SMILES string of the molecule is CCC(CC)[SiH2]C(C)(C)OC(=O)O. The summed E-state index contributed by atoms with van der Waals surface area (Å²) in [6.07, 6.45) is 1.12. The van der Waals surface area contributed by atoms with Crippen LogP contribution in [0.25, 0.3) is 0 Å². The third-order valence-electron chi connectivity index (χ3n) is 2.30. The molecule has 0 amide bonds. The molecule has 0 aliphatic heterocycles. The Balaban J connectivity index is 4.05. The molecule has 1 N–H and O–H groups in total. The summed E-state index contributed by atoms with van der Waals surface area (Å²) in [5, 5.41) is 8.09. The molecule has 0 aliphatic carbocycles. The molecule has 0 saturated carbocycles. The molecule has 0 aromatic carbocycles. The molecule has 0 spiro atoms. The molecular formula is C9H20O3Si. The first-order chi connectivity index (χ1) is 5.91. The minimum absolute atomic E-state index is 0.414. The fourth-order valence-electron chi connectivity index (χ4n) is 1.55. The molecule has 3 nitrogen and oxygen atoms in total. The smallest absolute Gasteiger partial charge is 0.450 e. The van der Waals surface area contributed by atoms with Gasteiger partial charge < -0.3 is 9.84 Å². The Morgan fingerprint density at radius 3 is 2.23 bits per heavy atom. The number of carbonyl (C=O) groups is 1. The Kier molecular flexibility index (Phi) is 5.06. The lowest BCUT2D eigenvalue weighted by Crippen LogP contribution is -2.36. The van der Waals surface area contributed by atoms with Crippen molar-refractivity contribution in [2.45, 2.75) is 51.3 Å². The minimum atomic E-state index is -1.15. The molecular weight excluding hydrogens is 184 g/mol. The zero-order valence-electron chi connectivity index (χ0n) is 8.96. The molecule has 0 fully saturated rings. The highest BCUT2D eigenvalue weighted by Gasteiger charge is 2.26. The van der Waals surface area contributed by atoms with E-state index in [1.165, 1.54) is 0 Å². The second-order valence-electron chi connectivity index (χ2n) is 4.01. The first kappa shape index (κ1) is 12.5. The van der Waals surface area contributed by atoms with Crippen LogP contribution < -0.4 is 0 Å². The van der Waals surface area contributed by atoms with E-state index in [-0.39, 0.29) is 0 Å². The van der Waals surface area contributed by atoms with Crippen LogP contribution in [-0.4, -0.2) is 26.0 Å². The van der Waals surface area contributed by atoms with Gasteiger partial charge in [-0.15, -0.1) is 0 Å². The van der Waals surface area contributed by atoms with E-state index >= 15 is 0 Å². The summed E-state index contributed by atoms with van der Waals surface area (Å²) >= 11 is 0. The highest BCUT2D eigenvalue weighted by Crippen LogP contribution is 2.21. The second kappa shape index (κ2) is 5.27. The summed E-state index contributed by atoms with van der Waals surface area (Å²) in [6.45, 7) is 8.06. The molecule has 4 heteroatoms. The third kappa shape index (κ3) is 5.68. The van der Waals surface area contributed by atoms with E-state index in [0.29, 0.717) is 5.54 Å². The lowest BCUT2D eigenvalue weighted by Gasteiger charge is -2.26. The molecule has 0 rings (SSSR count). The van der Waals surface area contributed by atoms with E-state index in [0.717, 1.165) is 12.8 Å². The Bertz CT molecular complexity index is 164. The molecule has 78 valence electrons. The molecule has 0 atom stereocenters. The lowest BCUT2D eigenvalue weighted by molar-refractivity contribution is 0.0448. The summed E-state index contributed by atoms with van der Waals surface area (Å²) in [4.78, 5) is 10.4. The van der Waals surface area contributed by atoms with Gasteiger partial charge >= 0.3 is 6.16 Å². The van der Waals surface area contributed by atoms with Crippen molar-refractivity contribution in [1.29, 1.82) is 0 Å². The summed E-state index contributed by atoms with van der Waals surface area (Å²) in [6, 6.07) is 0. The van der Waals surface area contributed by atoms with Gasteiger partial charge in [0, 0.05) is 0 Å². The quantitative estimate of drug-likeness (QED) is 0.551. The molecule has 0 aromatic rings.